The number of aryl methyl sites for hydroxylation is 3. The Bertz CT molecular complexity index is 994. The number of carbonyl (C=O) groups is 2. The summed E-state index contributed by atoms with van der Waals surface area (Å²) in [4.78, 5) is 29.8. The summed E-state index contributed by atoms with van der Waals surface area (Å²) in [5.41, 5.74) is 4.45. The van der Waals surface area contributed by atoms with Crippen LogP contribution in [0.25, 0.3) is 0 Å². The molecule has 2 aliphatic heterocycles. The van der Waals surface area contributed by atoms with E-state index in [2.05, 4.69) is 53.5 Å². The first-order chi connectivity index (χ1) is 15.5. The number of carbonyl (C=O) groups excluding carboxylic acids is 2. The van der Waals surface area contributed by atoms with Crippen LogP contribution in [0, 0.1) is 12.8 Å². The topological polar surface area (TPSA) is 52.6 Å². The van der Waals surface area contributed by atoms with Gasteiger partial charge in [-0.05, 0) is 68.1 Å². The minimum Gasteiger partial charge on any atom is -0.323 e. The van der Waals surface area contributed by atoms with Gasteiger partial charge in [-0.3, -0.25) is 9.69 Å². The van der Waals surface area contributed by atoms with E-state index in [1.54, 1.807) is 0 Å². The van der Waals surface area contributed by atoms with Gasteiger partial charge >= 0.3 is 6.03 Å². The molecule has 168 valence electrons. The molecule has 0 saturated carbocycles. The van der Waals surface area contributed by atoms with Crippen LogP contribution >= 0.6 is 0 Å². The monoisotopic (exact) mass is 431 g/mol. The maximum absolute atomic E-state index is 13.3. The van der Waals surface area contributed by atoms with Gasteiger partial charge in [-0.1, -0.05) is 54.1 Å². The van der Waals surface area contributed by atoms with Gasteiger partial charge in [-0.25, -0.2) is 9.69 Å². The number of nitrogens with zero attached hydrogens (tertiary/aromatic N) is 2. The zero-order valence-corrected chi connectivity index (χ0v) is 19.0. The highest BCUT2D eigenvalue weighted by Crippen LogP contribution is 2.34. The second kappa shape index (κ2) is 8.70. The van der Waals surface area contributed by atoms with Crippen LogP contribution in [0.3, 0.4) is 0 Å². The van der Waals surface area contributed by atoms with Crippen molar-refractivity contribution >= 4 is 11.9 Å². The van der Waals surface area contributed by atoms with Crippen LogP contribution in [0.15, 0.2) is 48.5 Å². The van der Waals surface area contributed by atoms with Crippen molar-refractivity contribution in [1.29, 1.82) is 0 Å². The summed E-state index contributed by atoms with van der Waals surface area (Å²) >= 11 is 0. The summed E-state index contributed by atoms with van der Waals surface area (Å²) in [6.45, 7) is 4.44. The van der Waals surface area contributed by atoms with Gasteiger partial charge in [0.25, 0.3) is 5.91 Å². The summed E-state index contributed by atoms with van der Waals surface area (Å²) in [7, 11) is 0. The second-order valence-electron chi connectivity index (χ2n) is 9.92. The molecular weight excluding hydrogens is 398 g/mol. The van der Waals surface area contributed by atoms with Crippen molar-refractivity contribution in [3.63, 3.8) is 0 Å². The van der Waals surface area contributed by atoms with Crippen LogP contribution in [-0.4, -0.2) is 47.0 Å². The number of amides is 3. The second-order valence-corrected chi connectivity index (χ2v) is 9.92. The molecule has 1 atom stereocenters. The van der Waals surface area contributed by atoms with Crippen LogP contribution < -0.4 is 5.32 Å². The van der Waals surface area contributed by atoms with E-state index in [0.717, 1.165) is 44.7 Å². The number of hydrogen-bond acceptors (Lipinski definition) is 3. The largest absolute Gasteiger partial charge is 0.326 e. The number of imide groups is 1. The number of urea groups is 1. The van der Waals surface area contributed by atoms with E-state index in [4.69, 9.17) is 0 Å². The van der Waals surface area contributed by atoms with Crippen molar-refractivity contribution in [2.75, 3.05) is 19.8 Å². The molecule has 5 heteroatoms. The Morgan fingerprint density at radius 3 is 2.47 bits per heavy atom. The molecule has 2 aromatic rings. The van der Waals surface area contributed by atoms with Gasteiger partial charge in [-0.15, -0.1) is 0 Å². The molecule has 2 aromatic carbocycles. The van der Waals surface area contributed by atoms with Crippen LogP contribution in [0.4, 0.5) is 4.79 Å². The third kappa shape index (κ3) is 4.18. The highest BCUT2D eigenvalue weighted by molar-refractivity contribution is 6.07. The number of rotatable bonds is 5. The first-order valence-corrected chi connectivity index (χ1v) is 12.0. The van der Waals surface area contributed by atoms with E-state index in [1.807, 2.05) is 12.1 Å². The van der Waals surface area contributed by atoms with Gasteiger partial charge in [0, 0.05) is 19.5 Å². The third-order valence-corrected chi connectivity index (χ3v) is 7.69. The van der Waals surface area contributed by atoms with Crippen molar-refractivity contribution in [2.24, 2.45) is 5.92 Å². The Kier molecular flexibility index (Phi) is 5.76. The SMILES string of the molecule is Cc1ccc(CCC2CCN(CN3C(=O)NC4(CCc5ccccc5C4)C3=O)CC2)cc1. The number of piperidine rings is 1. The lowest BCUT2D eigenvalue weighted by Gasteiger charge is -2.35. The number of fused-ring (bicyclic) bond motifs is 1. The fraction of sp³-hybridized carbons (Fsp3) is 0.481. The summed E-state index contributed by atoms with van der Waals surface area (Å²) < 4.78 is 0. The molecule has 1 spiro atoms. The minimum absolute atomic E-state index is 0.0431. The predicted octanol–water partition coefficient (Wildman–Crippen LogP) is 4.08. The molecule has 3 amide bonds. The van der Waals surface area contributed by atoms with E-state index in [9.17, 15) is 9.59 Å². The molecule has 3 aliphatic rings. The molecule has 2 fully saturated rings. The van der Waals surface area contributed by atoms with Crippen molar-refractivity contribution < 1.29 is 9.59 Å². The molecule has 1 aliphatic carbocycles. The van der Waals surface area contributed by atoms with Crippen molar-refractivity contribution in [3.05, 3.63) is 70.8 Å². The molecule has 32 heavy (non-hydrogen) atoms. The molecule has 5 nitrogen and oxygen atoms in total. The summed E-state index contributed by atoms with van der Waals surface area (Å²) in [5, 5.41) is 3.06. The Balaban J connectivity index is 1.14. The lowest BCUT2D eigenvalue weighted by atomic mass is 9.78. The van der Waals surface area contributed by atoms with Crippen LogP contribution in [0.5, 0.6) is 0 Å². The number of nitrogens with one attached hydrogen (secondary N) is 1. The van der Waals surface area contributed by atoms with Gasteiger partial charge in [0.05, 0.1) is 6.67 Å². The summed E-state index contributed by atoms with van der Waals surface area (Å²) in [6, 6.07) is 16.9. The van der Waals surface area contributed by atoms with Gasteiger partial charge < -0.3 is 5.32 Å². The van der Waals surface area contributed by atoms with Gasteiger partial charge in [0.1, 0.15) is 5.54 Å². The van der Waals surface area contributed by atoms with E-state index < -0.39 is 5.54 Å². The van der Waals surface area contributed by atoms with Gasteiger partial charge in [0.2, 0.25) is 0 Å². The highest BCUT2D eigenvalue weighted by Gasteiger charge is 2.52. The van der Waals surface area contributed by atoms with Crippen molar-refractivity contribution in [1.82, 2.24) is 15.1 Å². The van der Waals surface area contributed by atoms with E-state index >= 15 is 0 Å². The van der Waals surface area contributed by atoms with Crippen LogP contribution in [0.2, 0.25) is 0 Å². The van der Waals surface area contributed by atoms with Gasteiger partial charge in [0.15, 0.2) is 0 Å². The third-order valence-electron chi connectivity index (χ3n) is 7.69. The molecule has 1 unspecified atom stereocenters. The van der Waals surface area contributed by atoms with Crippen molar-refractivity contribution in [2.45, 2.75) is 57.4 Å². The first-order valence-electron chi connectivity index (χ1n) is 12.0. The Morgan fingerprint density at radius 2 is 1.72 bits per heavy atom. The molecule has 0 bridgehead atoms. The molecule has 2 saturated heterocycles. The lowest BCUT2D eigenvalue weighted by Crippen LogP contribution is -2.52. The van der Waals surface area contributed by atoms with Gasteiger partial charge in [-0.2, -0.15) is 0 Å². The number of likely N-dealkylation sites (tertiary alicyclic amines) is 1. The average molecular weight is 432 g/mol. The Morgan fingerprint density at radius 1 is 1.00 bits per heavy atom. The fourth-order valence-corrected chi connectivity index (χ4v) is 5.57. The zero-order chi connectivity index (χ0) is 22.1. The standard InChI is InChI=1S/C27H33N3O2/c1-20-6-8-21(9-7-20)10-11-22-13-16-29(17-14-22)19-30-25(31)27(28-26(30)32)15-12-23-4-2-3-5-24(23)18-27/h2-9,22H,10-19H2,1H3,(H,28,32). The highest BCUT2D eigenvalue weighted by atomic mass is 16.2. The molecule has 2 heterocycles. The van der Waals surface area contributed by atoms with E-state index in [1.165, 1.54) is 33.6 Å². The molecule has 1 N–H and O–H groups in total. The number of hydrogen-bond donors (Lipinski definition) is 1. The maximum Gasteiger partial charge on any atom is 0.326 e. The summed E-state index contributed by atoms with van der Waals surface area (Å²) in [6.07, 6.45) is 6.73. The molecule has 5 rings (SSSR count). The maximum atomic E-state index is 13.3. The Labute approximate surface area is 190 Å². The van der Waals surface area contributed by atoms with Crippen molar-refractivity contribution in [3.8, 4) is 0 Å². The summed E-state index contributed by atoms with van der Waals surface area (Å²) in [5.74, 6) is 0.676. The smallest absolute Gasteiger partial charge is 0.323 e. The van der Waals surface area contributed by atoms with Crippen LogP contribution in [0.1, 0.15) is 47.9 Å². The average Bonchev–Trinajstić information content (AvgIpc) is 3.03. The zero-order valence-electron chi connectivity index (χ0n) is 19.0. The predicted molar refractivity (Wildman–Crippen MR) is 125 cm³/mol. The first kappa shape index (κ1) is 21.2. The Hall–Kier alpha value is -2.66. The normalized spacial score (nSPS) is 24.1. The molecular formula is C27H33N3O2. The minimum atomic E-state index is -0.752. The van der Waals surface area contributed by atoms with Crippen LogP contribution in [-0.2, 0) is 24.1 Å². The molecule has 0 radical (unpaired) electrons. The fourth-order valence-electron chi connectivity index (χ4n) is 5.57. The lowest BCUT2D eigenvalue weighted by molar-refractivity contribution is -0.133. The van der Waals surface area contributed by atoms with E-state index in [-0.39, 0.29) is 11.9 Å². The number of benzene rings is 2. The molecule has 0 aromatic heterocycles. The van der Waals surface area contributed by atoms with E-state index in [0.29, 0.717) is 19.5 Å². The quantitative estimate of drug-likeness (QED) is 0.726.